The number of rotatable bonds is 1. The highest BCUT2D eigenvalue weighted by Gasteiger charge is 2.27. The van der Waals surface area contributed by atoms with Crippen LogP contribution in [0.25, 0.3) is 0 Å². The van der Waals surface area contributed by atoms with E-state index in [9.17, 15) is 9.18 Å². The highest BCUT2D eigenvalue weighted by molar-refractivity contribution is 9.10. The van der Waals surface area contributed by atoms with Crippen LogP contribution >= 0.6 is 15.9 Å². The third-order valence-corrected chi connectivity index (χ3v) is 3.59. The van der Waals surface area contributed by atoms with E-state index in [1.54, 1.807) is 11.0 Å². The van der Waals surface area contributed by atoms with Gasteiger partial charge in [0.2, 0.25) is 0 Å². The SMILES string of the molecule is CC1CN(C(=O)c2cc(F)cc(Br)c2)C(C)CN1. The first-order chi connectivity index (χ1) is 8.47. The van der Waals surface area contributed by atoms with E-state index >= 15 is 0 Å². The summed E-state index contributed by atoms with van der Waals surface area (Å²) in [7, 11) is 0. The molecule has 0 aromatic heterocycles. The molecule has 2 rings (SSSR count). The van der Waals surface area contributed by atoms with Crippen molar-refractivity contribution in [2.24, 2.45) is 0 Å². The molecule has 1 heterocycles. The minimum atomic E-state index is -0.399. The van der Waals surface area contributed by atoms with E-state index in [0.717, 1.165) is 6.54 Å². The Labute approximate surface area is 114 Å². The van der Waals surface area contributed by atoms with Crippen LogP contribution in [0.4, 0.5) is 4.39 Å². The number of halogens is 2. The molecule has 1 aromatic carbocycles. The Kier molecular flexibility index (Phi) is 4.02. The molecule has 1 aliphatic rings. The molecular weight excluding hydrogens is 299 g/mol. The van der Waals surface area contributed by atoms with Crippen LogP contribution in [0.15, 0.2) is 22.7 Å². The van der Waals surface area contributed by atoms with Gasteiger partial charge in [0.05, 0.1) is 0 Å². The number of nitrogens with one attached hydrogen (secondary N) is 1. The molecule has 1 saturated heterocycles. The fourth-order valence-electron chi connectivity index (χ4n) is 2.15. The average molecular weight is 315 g/mol. The zero-order chi connectivity index (χ0) is 13.3. The lowest BCUT2D eigenvalue weighted by atomic mass is 10.1. The van der Waals surface area contributed by atoms with Crippen molar-refractivity contribution in [2.45, 2.75) is 25.9 Å². The second-order valence-electron chi connectivity index (χ2n) is 4.77. The minimum Gasteiger partial charge on any atom is -0.333 e. The van der Waals surface area contributed by atoms with Gasteiger partial charge >= 0.3 is 0 Å². The Hall–Kier alpha value is -0.940. The maximum absolute atomic E-state index is 13.3. The molecule has 2 atom stereocenters. The van der Waals surface area contributed by atoms with Crippen molar-refractivity contribution >= 4 is 21.8 Å². The summed E-state index contributed by atoms with van der Waals surface area (Å²) in [4.78, 5) is 14.2. The number of nitrogens with zero attached hydrogens (tertiary/aromatic N) is 1. The Morgan fingerprint density at radius 2 is 2.17 bits per heavy atom. The van der Waals surface area contributed by atoms with Gasteiger partial charge in [-0.25, -0.2) is 4.39 Å². The molecule has 5 heteroatoms. The lowest BCUT2D eigenvalue weighted by molar-refractivity contribution is 0.0616. The number of hydrogen-bond acceptors (Lipinski definition) is 2. The summed E-state index contributed by atoms with van der Waals surface area (Å²) in [5.74, 6) is -0.514. The summed E-state index contributed by atoms with van der Waals surface area (Å²) < 4.78 is 13.9. The van der Waals surface area contributed by atoms with Gasteiger partial charge in [0.15, 0.2) is 0 Å². The molecule has 18 heavy (non-hydrogen) atoms. The van der Waals surface area contributed by atoms with Gasteiger partial charge in [0.1, 0.15) is 5.82 Å². The predicted molar refractivity (Wildman–Crippen MR) is 72.1 cm³/mol. The molecule has 0 aliphatic carbocycles. The average Bonchev–Trinajstić information content (AvgIpc) is 2.30. The molecule has 0 spiro atoms. The number of hydrogen-bond donors (Lipinski definition) is 1. The topological polar surface area (TPSA) is 32.3 Å². The first kappa shape index (κ1) is 13.5. The zero-order valence-corrected chi connectivity index (χ0v) is 12.0. The smallest absolute Gasteiger partial charge is 0.254 e. The van der Waals surface area contributed by atoms with E-state index in [-0.39, 0.29) is 18.0 Å². The van der Waals surface area contributed by atoms with E-state index in [2.05, 4.69) is 21.2 Å². The molecule has 0 radical (unpaired) electrons. The predicted octanol–water partition coefficient (Wildman–Crippen LogP) is 2.41. The van der Waals surface area contributed by atoms with Gasteiger partial charge in [-0.2, -0.15) is 0 Å². The van der Waals surface area contributed by atoms with Crippen molar-refractivity contribution in [3.63, 3.8) is 0 Å². The second kappa shape index (κ2) is 5.36. The normalized spacial score (nSPS) is 24.1. The third kappa shape index (κ3) is 2.90. The molecule has 1 N–H and O–H groups in total. The van der Waals surface area contributed by atoms with Crippen LogP contribution in [0.1, 0.15) is 24.2 Å². The van der Waals surface area contributed by atoms with E-state index in [4.69, 9.17) is 0 Å². The molecule has 1 amide bonds. The van der Waals surface area contributed by atoms with Crippen molar-refractivity contribution in [1.82, 2.24) is 10.2 Å². The standard InChI is InChI=1S/C13H16BrFN2O/c1-8-7-17(9(2)6-16-8)13(18)10-3-11(14)5-12(15)4-10/h3-5,8-9,16H,6-7H2,1-2H3. The van der Waals surface area contributed by atoms with E-state index in [1.165, 1.54) is 12.1 Å². The maximum Gasteiger partial charge on any atom is 0.254 e. The van der Waals surface area contributed by atoms with Crippen LogP contribution in [0, 0.1) is 5.82 Å². The van der Waals surface area contributed by atoms with Gasteiger partial charge in [0.25, 0.3) is 5.91 Å². The fraction of sp³-hybridized carbons (Fsp3) is 0.462. The van der Waals surface area contributed by atoms with Crippen molar-refractivity contribution in [1.29, 1.82) is 0 Å². The van der Waals surface area contributed by atoms with E-state index in [1.807, 2.05) is 13.8 Å². The highest BCUT2D eigenvalue weighted by Crippen LogP contribution is 2.18. The fourth-order valence-corrected chi connectivity index (χ4v) is 2.61. The number of benzene rings is 1. The Morgan fingerprint density at radius 1 is 1.44 bits per heavy atom. The van der Waals surface area contributed by atoms with Crippen molar-refractivity contribution < 1.29 is 9.18 Å². The molecule has 1 aromatic rings. The van der Waals surface area contributed by atoms with Crippen LogP contribution < -0.4 is 5.32 Å². The van der Waals surface area contributed by atoms with Crippen LogP contribution in [0.5, 0.6) is 0 Å². The van der Waals surface area contributed by atoms with Crippen molar-refractivity contribution in [3.8, 4) is 0 Å². The van der Waals surface area contributed by atoms with Gasteiger partial charge in [-0.1, -0.05) is 15.9 Å². The summed E-state index contributed by atoms with van der Waals surface area (Å²) in [6.07, 6.45) is 0. The molecule has 1 fully saturated rings. The summed E-state index contributed by atoms with van der Waals surface area (Å²) in [6, 6.07) is 4.68. The molecule has 2 unspecified atom stereocenters. The Morgan fingerprint density at radius 3 is 2.83 bits per heavy atom. The van der Waals surface area contributed by atoms with Crippen LogP contribution in [0.2, 0.25) is 0 Å². The van der Waals surface area contributed by atoms with Gasteiger partial charge in [-0.05, 0) is 32.0 Å². The number of carbonyl (C=O) groups excluding carboxylic acids is 1. The summed E-state index contributed by atoms with van der Waals surface area (Å²) in [6.45, 7) is 5.44. The second-order valence-corrected chi connectivity index (χ2v) is 5.69. The van der Waals surface area contributed by atoms with E-state index in [0.29, 0.717) is 16.6 Å². The minimum absolute atomic E-state index is 0.115. The quantitative estimate of drug-likeness (QED) is 0.863. The third-order valence-electron chi connectivity index (χ3n) is 3.13. The maximum atomic E-state index is 13.3. The Bertz CT molecular complexity index is 446. The largest absolute Gasteiger partial charge is 0.333 e. The molecule has 3 nitrogen and oxygen atoms in total. The van der Waals surface area contributed by atoms with Gasteiger partial charge in [-0.3, -0.25) is 4.79 Å². The van der Waals surface area contributed by atoms with Crippen LogP contribution in [0.3, 0.4) is 0 Å². The Balaban J connectivity index is 2.24. The molecule has 0 bridgehead atoms. The van der Waals surface area contributed by atoms with Gasteiger partial charge in [-0.15, -0.1) is 0 Å². The summed E-state index contributed by atoms with van der Waals surface area (Å²) >= 11 is 3.21. The number of piperazine rings is 1. The van der Waals surface area contributed by atoms with E-state index < -0.39 is 5.82 Å². The molecular formula is C13H16BrFN2O. The van der Waals surface area contributed by atoms with Crippen molar-refractivity contribution in [2.75, 3.05) is 13.1 Å². The lowest BCUT2D eigenvalue weighted by Gasteiger charge is -2.37. The number of amides is 1. The summed E-state index contributed by atoms with van der Waals surface area (Å²) in [5.41, 5.74) is 0.392. The number of carbonyl (C=O) groups is 1. The monoisotopic (exact) mass is 314 g/mol. The molecule has 1 aliphatic heterocycles. The first-order valence-electron chi connectivity index (χ1n) is 5.98. The van der Waals surface area contributed by atoms with Crippen LogP contribution in [-0.2, 0) is 0 Å². The summed E-state index contributed by atoms with van der Waals surface area (Å²) in [5, 5.41) is 3.31. The lowest BCUT2D eigenvalue weighted by Crippen LogP contribution is -2.56. The highest BCUT2D eigenvalue weighted by atomic mass is 79.9. The zero-order valence-electron chi connectivity index (χ0n) is 10.4. The molecule has 0 saturated carbocycles. The first-order valence-corrected chi connectivity index (χ1v) is 6.77. The molecule has 98 valence electrons. The van der Waals surface area contributed by atoms with Gasteiger partial charge in [0, 0.05) is 35.2 Å². The van der Waals surface area contributed by atoms with Crippen LogP contribution in [-0.4, -0.2) is 36.0 Å². The van der Waals surface area contributed by atoms with Crippen molar-refractivity contribution in [3.05, 3.63) is 34.1 Å². The van der Waals surface area contributed by atoms with Gasteiger partial charge < -0.3 is 10.2 Å².